The topological polar surface area (TPSA) is 18.5 Å². The average Bonchev–Trinajstić information content (AvgIpc) is 2.45. The van der Waals surface area contributed by atoms with Crippen LogP contribution in [0.4, 0.5) is 0 Å². The Labute approximate surface area is 85.4 Å². The summed E-state index contributed by atoms with van der Waals surface area (Å²) in [6.45, 7) is 8.11. The van der Waals surface area contributed by atoms with Gasteiger partial charge in [-0.05, 0) is 27.2 Å². The molecule has 0 unspecified atom stereocenters. The summed E-state index contributed by atoms with van der Waals surface area (Å²) in [5.41, 5.74) is 0. The number of thioether (sulfide) groups is 1. The van der Waals surface area contributed by atoms with Gasteiger partial charge < -0.3 is 9.47 Å². The zero-order chi connectivity index (χ0) is 9.68. The number of rotatable bonds is 5. The first-order chi connectivity index (χ1) is 6.20. The van der Waals surface area contributed by atoms with Crippen LogP contribution >= 0.6 is 11.8 Å². The molecule has 1 aliphatic heterocycles. The van der Waals surface area contributed by atoms with E-state index in [0.717, 1.165) is 19.0 Å². The zero-order valence-corrected chi connectivity index (χ0v) is 9.60. The molecule has 0 saturated carbocycles. The molecule has 0 aliphatic carbocycles. The van der Waals surface area contributed by atoms with Crippen molar-refractivity contribution in [3.8, 4) is 0 Å². The van der Waals surface area contributed by atoms with Crippen molar-refractivity contribution in [1.29, 1.82) is 0 Å². The Morgan fingerprint density at radius 1 is 1.54 bits per heavy atom. The lowest BCUT2D eigenvalue weighted by Crippen LogP contribution is -2.15. The van der Waals surface area contributed by atoms with Crippen molar-refractivity contribution in [3.05, 3.63) is 0 Å². The van der Waals surface area contributed by atoms with Gasteiger partial charge in [0.05, 0.1) is 18.8 Å². The highest BCUT2D eigenvalue weighted by molar-refractivity contribution is 7.99. The Hall–Kier alpha value is 0.270. The molecule has 0 radical (unpaired) electrons. The van der Waals surface area contributed by atoms with Gasteiger partial charge in [0.25, 0.3) is 0 Å². The van der Waals surface area contributed by atoms with E-state index in [1.807, 2.05) is 11.8 Å². The van der Waals surface area contributed by atoms with E-state index in [9.17, 15) is 0 Å². The standard InChI is InChI=1S/C10H20O2S/c1-8(2)11-6-7-13-10-4-5-12-9(10)3/h8-10H,4-7H2,1-3H3/t9-,10+/m0/s1. The van der Waals surface area contributed by atoms with Crippen molar-refractivity contribution in [2.24, 2.45) is 0 Å². The average molecular weight is 204 g/mol. The van der Waals surface area contributed by atoms with Crippen molar-refractivity contribution in [2.45, 2.75) is 44.6 Å². The summed E-state index contributed by atoms with van der Waals surface area (Å²) in [6, 6.07) is 0. The van der Waals surface area contributed by atoms with E-state index in [2.05, 4.69) is 20.8 Å². The minimum atomic E-state index is 0.359. The molecular formula is C10H20O2S. The third-order valence-corrected chi connectivity index (χ3v) is 3.62. The van der Waals surface area contributed by atoms with Crippen LogP contribution in [0, 0.1) is 0 Å². The predicted molar refractivity (Wildman–Crippen MR) is 57.4 cm³/mol. The summed E-state index contributed by atoms with van der Waals surface area (Å²) in [4.78, 5) is 0. The van der Waals surface area contributed by atoms with Crippen molar-refractivity contribution in [2.75, 3.05) is 19.0 Å². The normalized spacial score (nSPS) is 28.6. The van der Waals surface area contributed by atoms with E-state index in [1.54, 1.807) is 0 Å². The van der Waals surface area contributed by atoms with Gasteiger partial charge in [0.1, 0.15) is 0 Å². The van der Waals surface area contributed by atoms with Gasteiger partial charge in [-0.15, -0.1) is 0 Å². The fraction of sp³-hybridized carbons (Fsp3) is 1.00. The summed E-state index contributed by atoms with van der Waals surface area (Å²) in [7, 11) is 0. The van der Waals surface area contributed by atoms with Crippen LogP contribution in [0.1, 0.15) is 27.2 Å². The molecule has 1 fully saturated rings. The van der Waals surface area contributed by atoms with Crippen LogP contribution in [0.25, 0.3) is 0 Å². The molecule has 0 bridgehead atoms. The summed E-state index contributed by atoms with van der Waals surface area (Å²) >= 11 is 1.98. The highest BCUT2D eigenvalue weighted by atomic mass is 32.2. The van der Waals surface area contributed by atoms with E-state index in [4.69, 9.17) is 9.47 Å². The Morgan fingerprint density at radius 2 is 2.31 bits per heavy atom. The van der Waals surface area contributed by atoms with E-state index < -0.39 is 0 Å². The molecule has 1 rings (SSSR count). The molecule has 0 aromatic carbocycles. The molecule has 0 aromatic heterocycles. The van der Waals surface area contributed by atoms with Crippen LogP contribution in [0.5, 0.6) is 0 Å². The van der Waals surface area contributed by atoms with Crippen molar-refractivity contribution in [1.82, 2.24) is 0 Å². The maximum atomic E-state index is 5.48. The second-order valence-corrected chi connectivity index (χ2v) is 5.04. The molecule has 13 heavy (non-hydrogen) atoms. The van der Waals surface area contributed by atoms with Crippen LogP contribution in [-0.4, -0.2) is 36.4 Å². The summed E-state index contributed by atoms with van der Waals surface area (Å²) in [6.07, 6.45) is 2.00. The Bertz CT molecular complexity index is 139. The highest BCUT2D eigenvalue weighted by Gasteiger charge is 2.23. The molecule has 1 heterocycles. The molecule has 0 spiro atoms. The molecule has 0 amide bonds. The predicted octanol–water partition coefficient (Wildman–Crippen LogP) is 2.32. The first-order valence-corrected chi connectivity index (χ1v) is 6.10. The highest BCUT2D eigenvalue weighted by Crippen LogP contribution is 2.25. The minimum Gasteiger partial charge on any atom is -0.378 e. The van der Waals surface area contributed by atoms with E-state index in [-0.39, 0.29) is 0 Å². The van der Waals surface area contributed by atoms with Crippen LogP contribution < -0.4 is 0 Å². The Morgan fingerprint density at radius 3 is 2.85 bits per heavy atom. The fourth-order valence-electron chi connectivity index (χ4n) is 1.41. The molecule has 2 atom stereocenters. The van der Waals surface area contributed by atoms with E-state index >= 15 is 0 Å². The molecule has 3 heteroatoms. The first kappa shape index (κ1) is 11.3. The third kappa shape index (κ3) is 4.34. The van der Waals surface area contributed by atoms with Crippen LogP contribution in [0.3, 0.4) is 0 Å². The summed E-state index contributed by atoms with van der Waals surface area (Å²) < 4.78 is 11.0. The third-order valence-electron chi connectivity index (χ3n) is 2.17. The zero-order valence-electron chi connectivity index (χ0n) is 8.79. The largest absolute Gasteiger partial charge is 0.378 e. The molecule has 1 aliphatic rings. The SMILES string of the molecule is CC(C)OCCS[C@@H]1CCO[C@H]1C. The van der Waals surface area contributed by atoms with Gasteiger partial charge in [-0.1, -0.05) is 0 Å². The second-order valence-electron chi connectivity index (χ2n) is 3.69. The van der Waals surface area contributed by atoms with Crippen LogP contribution in [-0.2, 0) is 9.47 Å². The van der Waals surface area contributed by atoms with E-state index in [1.165, 1.54) is 6.42 Å². The van der Waals surface area contributed by atoms with Crippen molar-refractivity contribution in [3.63, 3.8) is 0 Å². The van der Waals surface area contributed by atoms with Gasteiger partial charge in [-0.3, -0.25) is 0 Å². The van der Waals surface area contributed by atoms with Crippen molar-refractivity contribution >= 4 is 11.8 Å². The number of hydrogen-bond donors (Lipinski definition) is 0. The lowest BCUT2D eigenvalue weighted by Gasteiger charge is -2.14. The monoisotopic (exact) mass is 204 g/mol. The molecule has 1 saturated heterocycles. The van der Waals surface area contributed by atoms with Gasteiger partial charge in [0, 0.05) is 17.6 Å². The maximum absolute atomic E-state index is 5.48. The number of hydrogen-bond acceptors (Lipinski definition) is 3. The van der Waals surface area contributed by atoms with Gasteiger partial charge in [0.2, 0.25) is 0 Å². The van der Waals surface area contributed by atoms with Crippen molar-refractivity contribution < 1.29 is 9.47 Å². The summed E-state index contributed by atoms with van der Waals surface area (Å²) in [5, 5.41) is 0.691. The molecule has 0 N–H and O–H groups in total. The minimum absolute atomic E-state index is 0.359. The van der Waals surface area contributed by atoms with Gasteiger partial charge in [0.15, 0.2) is 0 Å². The summed E-state index contributed by atoms with van der Waals surface area (Å²) in [5.74, 6) is 1.09. The number of ether oxygens (including phenoxy) is 2. The maximum Gasteiger partial charge on any atom is 0.0666 e. The second kappa shape index (κ2) is 5.89. The fourth-order valence-corrected chi connectivity index (χ4v) is 2.52. The quantitative estimate of drug-likeness (QED) is 0.640. The smallest absolute Gasteiger partial charge is 0.0666 e. The van der Waals surface area contributed by atoms with Gasteiger partial charge >= 0.3 is 0 Å². The molecule has 78 valence electrons. The van der Waals surface area contributed by atoms with Gasteiger partial charge in [-0.2, -0.15) is 11.8 Å². The van der Waals surface area contributed by atoms with Gasteiger partial charge in [-0.25, -0.2) is 0 Å². The Balaban J connectivity index is 1.99. The van der Waals surface area contributed by atoms with Crippen LogP contribution in [0.15, 0.2) is 0 Å². The lowest BCUT2D eigenvalue weighted by molar-refractivity contribution is 0.0918. The van der Waals surface area contributed by atoms with Crippen LogP contribution in [0.2, 0.25) is 0 Å². The first-order valence-electron chi connectivity index (χ1n) is 5.05. The molecule has 2 nitrogen and oxygen atoms in total. The lowest BCUT2D eigenvalue weighted by atomic mass is 10.3. The van der Waals surface area contributed by atoms with E-state index in [0.29, 0.717) is 17.5 Å². The molecule has 0 aromatic rings. The Kier molecular flexibility index (Phi) is 5.14. The molecular weight excluding hydrogens is 184 g/mol.